The highest BCUT2D eigenvalue weighted by atomic mass is 16.4. The Morgan fingerprint density at radius 3 is 2.80 bits per heavy atom. The van der Waals surface area contributed by atoms with E-state index in [-0.39, 0.29) is 12.3 Å². The van der Waals surface area contributed by atoms with Crippen molar-refractivity contribution in [3.05, 3.63) is 48.0 Å². The van der Waals surface area contributed by atoms with E-state index >= 15 is 0 Å². The maximum absolute atomic E-state index is 10.8. The van der Waals surface area contributed by atoms with E-state index in [0.717, 1.165) is 38.5 Å². The van der Waals surface area contributed by atoms with Crippen LogP contribution in [0.5, 0.6) is 0 Å². The topological polar surface area (TPSA) is 80.6 Å². The maximum atomic E-state index is 10.8. The van der Waals surface area contributed by atoms with Crippen LogP contribution in [0, 0.1) is 5.92 Å². The average molecular weight is 345 g/mol. The fourth-order valence-corrected chi connectivity index (χ4v) is 3.69. The third kappa shape index (κ3) is 7.41. The molecule has 0 amide bonds. The van der Waals surface area contributed by atoms with Crippen LogP contribution in [-0.2, 0) is 11.2 Å². The van der Waals surface area contributed by atoms with Gasteiger partial charge in [0.15, 0.2) is 0 Å². The Morgan fingerprint density at radius 2 is 2.08 bits per heavy atom. The Morgan fingerprint density at radius 1 is 1.32 bits per heavy atom. The highest BCUT2D eigenvalue weighted by molar-refractivity contribution is 5.65. The van der Waals surface area contributed by atoms with Crippen LogP contribution in [0.15, 0.2) is 42.5 Å². The van der Waals surface area contributed by atoms with Crippen molar-refractivity contribution in [3.8, 4) is 0 Å². The van der Waals surface area contributed by atoms with E-state index in [4.69, 9.17) is 0 Å². The van der Waals surface area contributed by atoms with E-state index in [1.165, 1.54) is 5.56 Å². The summed E-state index contributed by atoms with van der Waals surface area (Å²) in [6.07, 6.45) is 9.37. The Hall–Kier alpha value is -1.65. The number of carbonyl (C=O) groups is 1. The molecule has 0 bridgehead atoms. The Labute approximate surface area is 150 Å². The number of aryl methyl sites for hydroxylation is 1. The monoisotopic (exact) mass is 345 g/mol. The molecule has 138 valence electrons. The fourth-order valence-electron chi connectivity index (χ4n) is 3.69. The average Bonchev–Trinajstić information content (AvgIpc) is 2.57. The summed E-state index contributed by atoms with van der Waals surface area (Å²) in [6, 6.07) is 10.3. The number of carboxylic acid groups (broad SMARTS) is 1. The largest absolute Gasteiger partial charge is 0.550 e. The first-order valence-corrected chi connectivity index (χ1v) is 9.29. The highest BCUT2D eigenvalue weighted by Gasteiger charge is 2.33. The number of hydrogen-bond donors (Lipinski definition) is 2. The quantitative estimate of drug-likeness (QED) is 0.532. The molecule has 1 aliphatic carbocycles. The Balaban J connectivity index is 1.68. The van der Waals surface area contributed by atoms with Crippen LogP contribution in [0.1, 0.15) is 56.9 Å². The molecule has 25 heavy (non-hydrogen) atoms. The second kappa shape index (κ2) is 9.73. The number of carboxylic acids is 1. The van der Waals surface area contributed by atoms with Crippen LogP contribution < -0.4 is 5.11 Å². The summed E-state index contributed by atoms with van der Waals surface area (Å²) >= 11 is 0. The molecule has 0 saturated heterocycles. The fraction of sp³-hybridized carbons (Fsp3) is 0.571. The Bertz CT molecular complexity index is 554. The number of hydrogen-bond acceptors (Lipinski definition) is 4. The molecule has 3 atom stereocenters. The van der Waals surface area contributed by atoms with Crippen molar-refractivity contribution in [2.75, 3.05) is 0 Å². The van der Waals surface area contributed by atoms with Gasteiger partial charge >= 0.3 is 0 Å². The van der Waals surface area contributed by atoms with Gasteiger partial charge in [-0.05, 0) is 56.4 Å². The summed E-state index contributed by atoms with van der Waals surface area (Å²) in [7, 11) is 0. The number of rotatable bonds is 9. The predicted molar refractivity (Wildman–Crippen MR) is 95.7 cm³/mol. The zero-order chi connectivity index (χ0) is 18.1. The van der Waals surface area contributed by atoms with Gasteiger partial charge in [0.1, 0.15) is 0 Å². The molecule has 1 aliphatic rings. The van der Waals surface area contributed by atoms with Gasteiger partial charge in [0, 0.05) is 12.4 Å². The molecule has 0 aliphatic heterocycles. The van der Waals surface area contributed by atoms with E-state index in [1.54, 1.807) is 6.08 Å². The molecule has 1 unspecified atom stereocenters. The summed E-state index contributed by atoms with van der Waals surface area (Å²) in [5, 5.41) is 31.2. The standard InChI is InChI=1S/C21H30O4/c22-19(11-5-4-9-17-7-2-1-3-8-17)13-12-18-10-6-14-21(25,15-18)16-20(23)24/h1-3,7-8,12-13,18-19,22,25H,4-6,9-11,14-16H2,(H,23,24)/p-1/b13-12+/t18-,19?,21+/m1/s1. The molecular weight excluding hydrogens is 316 g/mol. The van der Waals surface area contributed by atoms with Crippen LogP contribution in [0.25, 0.3) is 0 Å². The van der Waals surface area contributed by atoms with Crippen LogP contribution >= 0.6 is 0 Å². The predicted octanol–water partition coefficient (Wildman–Crippen LogP) is 2.38. The normalized spacial score (nSPS) is 25.1. The third-order valence-corrected chi connectivity index (χ3v) is 5.00. The highest BCUT2D eigenvalue weighted by Crippen LogP contribution is 2.35. The van der Waals surface area contributed by atoms with E-state index in [0.29, 0.717) is 12.8 Å². The molecule has 2 rings (SSSR count). The van der Waals surface area contributed by atoms with E-state index in [9.17, 15) is 20.1 Å². The van der Waals surface area contributed by atoms with Crippen LogP contribution in [0.3, 0.4) is 0 Å². The van der Waals surface area contributed by atoms with Crippen LogP contribution in [-0.4, -0.2) is 27.9 Å². The lowest BCUT2D eigenvalue weighted by Gasteiger charge is -2.36. The molecule has 1 aromatic rings. The minimum absolute atomic E-state index is 0.122. The molecule has 0 aromatic heterocycles. The summed E-state index contributed by atoms with van der Waals surface area (Å²) in [5.74, 6) is -1.08. The number of carbonyl (C=O) groups excluding carboxylic acids is 1. The van der Waals surface area contributed by atoms with Crippen molar-refractivity contribution < 1.29 is 20.1 Å². The smallest absolute Gasteiger partial charge is 0.0721 e. The number of unbranched alkanes of at least 4 members (excludes halogenated alkanes) is 1. The molecule has 4 nitrogen and oxygen atoms in total. The van der Waals surface area contributed by atoms with Gasteiger partial charge in [-0.2, -0.15) is 0 Å². The van der Waals surface area contributed by atoms with Crippen LogP contribution in [0.4, 0.5) is 0 Å². The summed E-state index contributed by atoms with van der Waals surface area (Å²) in [4.78, 5) is 10.8. The molecule has 2 N–H and O–H groups in total. The van der Waals surface area contributed by atoms with Crippen molar-refractivity contribution in [1.82, 2.24) is 0 Å². The number of aliphatic hydroxyl groups is 2. The molecule has 0 radical (unpaired) electrons. The lowest BCUT2D eigenvalue weighted by molar-refractivity contribution is -0.309. The molecule has 0 heterocycles. The van der Waals surface area contributed by atoms with E-state index in [1.807, 2.05) is 24.3 Å². The first-order valence-electron chi connectivity index (χ1n) is 9.29. The summed E-state index contributed by atoms with van der Waals surface area (Å²) < 4.78 is 0. The second-order valence-corrected chi connectivity index (χ2v) is 7.31. The van der Waals surface area contributed by atoms with Crippen molar-refractivity contribution in [1.29, 1.82) is 0 Å². The lowest BCUT2D eigenvalue weighted by atomic mass is 9.76. The van der Waals surface area contributed by atoms with Gasteiger partial charge in [0.2, 0.25) is 0 Å². The third-order valence-electron chi connectivity index (χ3n) is 5.00. The maximum Gasteiger partial charge on any atom is 0.0721 e. The second-order valence-electron chi connectivity index (χ2n) is 7.31. The number of aliphatic carboxylic acids is 1. The Kier molecular flexibility index (Phi) is 7.66. The van der Waals surface area contributed by atoms with Gasteiger partial charge in [-0.25, -0.2) is 0 Å². The van der Waals surface area contributed by atoms with Crippen molar-refractivity contribution in [3.63, 3.8) is 0 Å². The zero-order valence-electron chi connectivity index (χ0n) is 14.8. The number of aliphatic hydroxyl groups excluding tert-OH is 1. The van der Waals surface area contributed by atoms with Crippen molar-refractivity contribution in [2.45, 2.75) is 69.5 Å². The molecule has 4 heteroatoms. The van der Waals surface area contributed by atoms with E-state index in [2.05, 4.69) is 12.1 Å². The van der Waals surface area contributed by atoms with Gasteiger partial charge in [-0.1, -0.05) is 48.9 Å². The summed E-state index contributed by atoms with van der Waals surface area (Å²) in [6.45, 7) is 0. The number of allylic oxidation sites excluding steroid dienone is 1. The van der Waals surface area contributed by atoms with Gasteiger partial charge < -0.3 is 20.1 Å². The zero-order valence-corrected chi connectivity index (χ0v) is 14.8. The molecule has 1 saturated carbocycles. The van der Waals surface area contributed by atoms with Crippen molar-refractivity contribution >= 4 is 5.97 Å². The molecule has 0 spiro atoms. The minimum atomic E-state index is -1.20. The summed E-state index contributed by atoms with van der Waals surface area (Å²) in [5.41, 5.74) is 0.161. The van der Waals surface area contributed by atoms with Gasteiger partial charge in [-0.3, -0.25) is 0 Å². The van der Waals surface area contributed by atoms with Gasteiger partial charge in [0.05, 0.1) is 11.7 Å². The molecule has 1 fully saturated rings. The number of benzene rings is 1. The first-order chi connectivity index (χ1) is 12.0. The minimum Gasteiger partial charge on any atom is -0.550 e. The van der Waals surface area contributed by atoms with Gasteiger partial charge in [0.25, 0.3) is 0 Å². The van der Waals surface area contributed by atoms with Crippen molar-refractivity contribution in [2.24, 2.45) is 5.92 Å². The SMILES string of the molecule is O=C([O-])C[C@]1(O)CCC[C@H](/C=C/C(O)CCCCc2ccccc2)C1. The first kappa shape index (κ1) is 19.7. The van der Waals surface area contributed by atoms with E-state index < -0.39 is 17.7 Å². The molecular formula is C21H29O4-. The van der Waals surface area contributed by atoms with Gasteiger partial charge in [-0.15, -0.1) is 0 Å². The molecule has 1 aromatic carbocycles. The lowest BCUT2D eigenvalue weighted by Crippen LogP contribution is -2.41. The van der Waals surface area contributed by atoms with Crippen LogP contribution in [0.2, 0.25) is 0 Å².